The molecule has 0 spiro atoms. The summed E-state index contributed by atoms with van der Waals surface area (Å²) < 4.78 is 6.77. The normalized spacial score (nSPS) is 10.8. The van der Waals surface area contributed by atoms with E-state index < -0.39 is 5.97 Å². The average molecular weight is 364 g/mol. The summed E-state index contributed by atoms with van der Waals surface area (Å²) in [6, 6.07) is 1.85. The van der Waals surface area contributed by atoms with Crippen LogP contribution in [0.1, 0.15) is 5.69 Å². The summed E-state index contributed by atoms with van der Waals surface area (Å²) in [5, 5.41) is 0.574. The van der Waals surface area contributed by atoms with Gasteiger partial charge in [-0.15, -0.1) is 0 Å². The van der Waals surface area contributed by atoms with Crippen molar-refractivity contribution < 1.29 is 9.53 Å². The maximum absolute atomic E-state index is 12.0. The molecule has 7 heteroatoms. The molecule has 5 nitrogen and oxygen atoms in total. The number of fused-ring (bicyclic) bond motifs is 1. The van der Waals surface area contributed by atoms with E-state index in [4.69, 9.17) is 0 Å². The number of aromatic nitrogens is 2. The van der Waals surface area contributed by atoms with Crippen LogP contribution < -0.4 is 5.56 Å². The lowest BCUT2D eigenvalue weighted by molar-refractivity contribution is -0.141. The molecule has 2 rings (SSSR count). The zero-order valence-corrected chi connectivity index (χ0v) is 12.2. The monoisotopic (exact) mass is 364 g/mol. The lowest BCUT2D eigenvalue weighted by Gasteiger charge is -1.96. The SMILES string of the molecule is COC(=O)Cn1sc2nc(C)cc(I)c2c1=O. The zero-order valence-electron chi connectivity index (χ0n) is 9.19. The van der Waals surface area contributed by atoms with Gasteiger partial charge in [-0.25, -0.2) is 4.98 Å². The van der Waals surface area contributed by atoms with Crippen molar-refractivity contribution >= 4 is 50.3 Å². The van der Waals surface area contributed by atoms with Crippen molar-refractivity contribution in [1.82, 2.24) is 8.94 Å². The van der Waals surface area contributed by atoms with E-state index in [9.17, 15) is 9.59 Å². The van der Waals surface area contributed by atoms with E-state index in [0.29, 0.717) is 10.2 Å². The Morgan fingerprint density at radius 3 is 3.00 bits per heavy atom. The van der Waals surface area contributed by atoms with Crippen LogP contribution in [0.5, 0.6) is 0 Å². The summed E-state index contributed by atoms with van der Waals surface area (Å²) >= 11 is 3.29. The molecule has 2 aromatic rings. The molecule has 90 valence electrons. The van der Waals surface area contributed by atoms with Crippen molar-refractivity contribution in [3.05, 3.63) is 25.7 Å². The molecule has 0 N–H and O–H groups in total. The minimum Gasteiger partial charge on any atom is -0.468 e. The fraction of sp³-hybridized carbons (Fsp3) is 0.300. The van der Waals surface area contributed by atoms with Gasteiger partial charge in [-0.05, 0) is 47.1 Å². The van der Waals surface area contributed by atoms with Gasteiger partial charge in [0.15, 0.2) is 0 Å². The number of esters is 1. The maximum Gasteiger partial charge on any atom is 0.326 e. The minimum atomic E-state index is -0.439. The van der Waals surface area contributed by atoms with Crippen LogP contribution in [0.3, 0.4) is 0 Å². The predicted octanol–water partition coefficient (Wildman–Crippen LogP) is 1.54. The summed E-state index contributed by atoms with van der Waals surface area (Å²) in [5.74, 6) is -0.439. The molecule has 0 amide bonds. The highest BCUT2D eigenvalue weighted by Crippen LogP contribution is 2.21. The molecular weight excluding hydrogens is 355 g/mol. The first kappa shape index (κ1) is 12.5. The third-order valence-electron chi connectivity index (χ3n) is 2.20. The molecule has 2 heterocycles. The smallest absolute Gasteiger partial charge is 0.326 e. The molecule has 0 fully saturated rings. The highest BCUT2D eigenvalue weighted by Gasteiger charge is 2.14. The Balaban J connectivity index is 2.61. The Kier molecular flexibility index (Phi) is 3.48. The van der Waals surface area contributed by atoms with Crippen molar-refractivity contribution in [3.8, 4) is 0 Å². The quantitative estimate of drug-likeness (QED) is 0.599. The van der Waals surface area contributed by atoms with Gasteiger partial charge in [0.25, 0.3) is 5.56 Å². The topological polar surface area (TPSA) is 61.2 Å². The highest BCUT2D eigenvalue weighted by atomic mass is 127. The van der Waals surface area contributed by atoms with Gasteiger partial charge in [0, 0.05) is 9.26 Å². The zero-order chi connectivity index (χ0) is 12.6. The standard InChI is InChI=1S/C10H9IN2O3S/c1-5-3-6(11)8-9(12-5)17-13(10(8)15)4-7(14)16-2/h3H,4H2,1-2H3. The van der Waals surface area contributed by atoms with Crippen LogP contribution in [0.2, 0.25) is 0 Å². The van der Waals surface area contributed by atoms with Crippen molar-refractivity contribution in [1.29, 1.82) is 0 Å². The number of halogens is 1. The Bertz CT molecular complexity index is 647. The first-order valence-electron chi connectivity index (χ1n) is 4.76. The van der Waals surface area contributed by atoms with Crippen LogP contribution in [0.25, 0.3) is 10.2 Å². The minimum absolute atomic E-state index is 0.0640. The van der Waals surface area contributed by atoms with Gasteiger partial charge in [0.2, 0.25) is 0 Å². The van der Waals surface area contributed by atoms with Gasteiger partial charge in [-0.3, -0.25) is 13.5 Å². The molecule has 0 bridgehead atoms. The van der Waals surface area contributed by atoms with E-state index in [1.807, 2.05) is 13.0 Å². The fourth-order valence-corrected chi connectivity index (χ4v) is 3.57. The Morgan fingerprint density at radius 2 is 2.35 bits per heavy atom. The first-order valence-corrected chi connectivity index (χ1v) is 6.62. The lowest BCUT2D eigenvalue weighted by Crippen LogP contribution is -2.19. The number of ether oxygens (including phenoxy) is 1. The van der Waals surface area contributed by atoms with E-state index in [1.165, 1.54) is 22.6 Å². The number of carbonyl (C=O) groups is 1. The van der Waals surface area contributed by atoms with E-state index in [2.05, 4.69) is 32.3 Å². The number of hydrogen-bond acceptors (Lipinski definition) is 5. The van der Waals surface area contributed by atoms with Crippen LogP contribution in [-0.2, 0) is 16.1 Å². The fourth-order valence-electron chi connectivity index (χ4n) is 1.42. The molecule has 17 heavy (non-hydrogen) atoms. The van der Waals surface area contributed by atoms with E-state index in [1.54, 1.807) is 0 Å². The van der Waals surface area contributed by atoms with E-state index in [-0.39, 0.29) is 12.1 Å². The van der Waals surface area contributed by atoms with Gasteiger partial charge in [-0.2, -0.15) is 0 Å². The van der Waals surface area contributed by atoms with E-state index in [0.717, 1.165) is 9.26 Å². The van der Waals surface area contributed by atoms with Gasteiger partial charge < -0.3 is 4.74 Å². The molecule has 0 saturated carbocycles. The third kappa shape index (κ3) is 2.34. The summed E-state index contributed by atoms with van der Waals surface area (Å²) in [5.41, 5.74) is 0.667. The van der Waals surface area contributed by atoms with Crippen molar-refractivity contribution in [2.24, 2.45) is 0 Å². The van der Waals surface area contributed by atoms with Crippen molar-refractivity contribution in [3.63, 3.8) is 0 Å². The third-order valence-corrected chi connectivity index (χ3v) is 4.04. The second-order valence-electron chi connectivity index (χ2n) is 3.43. The van der Waals surface area contributed by atoms with Crippen LogP contribution in [-0.4, -0.2) is 22.0 Å². The number of hydrogen-bond donors (Lipinski definition) is 0. The number of carbonyl (C=O) groups excluding carboxylic acids is 1. The van der Waals surface area contributed by atoms with Crippen LogP contribution in [0.15, 0.2) is 10.9 Å². The summed E-state index contributed by atoms with van der Waals surface area (Å²) in [7, 11) is 1.30. The van der Waals surface area contributed by atoms with Gasteiger partial charge in [-0.1, -0.05) is 0 Å². The predicted molar refractivity (Wildman–Crippen MR) is 73.4 cm³/mol. The van der Waals surface area contributed by atoms with Gasteiger partial charge >= 0.3 is 5.97 Å². The second-order valence-corrected chi connectivity index (χ2v) is 5.61. The molecule has 0 aliphatic rings. The van der Waals surface area contributed by atoms with Crippen LogP contribution in [0, 0.1) is 10.5 Å². The summed E-state index contributed by atoms with van der Waals surface area (Å²) in [6.45, 7) is 1.81. The molecule has 0 aromatic carbocycles. The molecule has 0 aliphatic carbocycles. The molecule has 0 unspecified atom stereocenters. The molecule has 0 atom stereocenters. The molecule has 0 radical (unpaired) electrons. The average Bonchev–Trinajstić information content (AvgIpc) is 2.55. The largest absolute Gasteiger partial charge is 0.468 e. The van der Waals surface area contributed by atoms with Crippen molar-refractivity contribution in [2.45, 2.75) is 13.5 Å². The number of pyridine rings is 1. The Morgan fingerprint density at radius 1 is 1.65 bits per heavy atom. The van der Waals surface area contributed by atoms with E-state index >= 15 is 0 Å². The number of nitrogens with zero attached hydrogens (tertiary/aromatic N) is 2. The number of rotatable bonds is 2. The van der Waals surface area contributed by atoms with Crippen LogP contribution in [0.4, 0.5) is 0 Å². The van der Waals surface area contributed by atoms with Crippen LogP contribution >= 0.6 is 34.1 Å². The Labute approximate surface area is 115 Å². The van der Waals surface area contributed by atoms with Gasteiger partial charge in [0.05, 0.1) is 12.5 Å². The maximum atomic E-state index is 12.0. The molecular formula is C10H9IN2O3S. The molecule has 0 saturated heterocycles. The van der Waals surface area contributed by atoms with Gasteiger partial charge in [0.1, 0.15) is 11.4 Å². The molecule has 0 aliphatic heterocycles. The summed E-state index contributed by atoms with van der Waals surface area (Å²) in [4.78, 5) is 28.1. The first-order chi connectivity index (χ1) is 8.02. The lowest BCUT2D eigenvalue weighted by atomic mass is 10.3. The number of aryl methyl sites for hydroxylation is 1. The summed E-state index contributed by atoms with van der Waals surface area (Å²) in [6.07, 6.45) is 0. The number of methoxy groups -OCH3 is 1. The van der Waals surface area contributed by atoms with Crippen molar-refractivity contribution in [2.75, 3.05) is 7.11 Å². The Hall–Kier alpha value is -0.960. The highest BCUT2D eigenvalue weighted by molar-refractivity contribution is 14.1. The second kappa shape index (κ2) is 4.73. The molecule has 2 aromatic heterocycles.